The molecule has 1 N–H and O–H groups in total. The Hall–Kier alpha value is -3.19. The molecule has 2 aromatic heterocycles. The molecule has 7 nitrogen and oxygen atoms in total. The number of benzene rings is 2. The molecule has 0 spiro atoms. The number of hydrogen-bond donors (Lipinski definition) is 1. The molecule has 8 heteroatoms. The highest BCUT2D eigenvalue weighted by Crippen LogP contribution is 2.20. The van der Waals surface area contributed by atoms with Gasteiger partial charge in [0.05, 0.1) is 5.39 Å². The van der Waals surface area contributed by atoms with Crippen molar-refractivity contribution in [2.75, 3.05) is 6.54 Å². The number of halogens is 1. The van der Waals surface area contributed by atoms with Gasteiger partial charge < -0.3 is 9.88 Å². The monoisotopic (exact) mass is 409 g/mol. The van der Waals surface area contributed by atoms with Gasteiger partial charge in [-0.2, -0.15) is 0 Å². The van der Waals surface area contributed by atoms with E-state index < -0.39 is 0 Å². The summed E-state index contributed by atoms with van der Waals surface area (Å²) in [6, 6.07) is 14.9. The Morgan fingerprint density at radius 1 is 1.10 bits per heavy atom. The van der Waals surface area contributed by atoms with Crippen LogP contribution in [0.2, 0.25) is 5.02 Å². The number of hydrogen-bond acceptors (Lipinski definition) is 4. The Labute approximate surface area is 171 Å². The predicted octanol–water partition coefficient (Wildman–Crippen LogP) is 3.00. The van der Waals surface area contributed by atoms with Crippen molar-refractivity contribution in [3.8, 4) is 0 Å². The average molecular weight is 410 g/mol. The van der Waals surface area contributed by atoms with Gasteiger partial charge in [-0.25, -0.2) is 4.68 Å². The van der Waals surface area contributed by atoms with E-state index in [1.165, 1.54) is 4.68 Å². The highest BCUT2D eigenvalue weighted by Gasteiger charge is 2.07. The lowest BCUT2D eigenvalue weighted by atomic mass is 10.2. The molecule has 4 rings (SSSR count). The Morgan fingerprint density at radius 2 is 1.97 bits per heavy atom. The van der Waals surface area contributed by atoms with Crippen LogP contribution in [0.1, 0.15) is 12.8 Å². The molecule has 0 saturated carbocycles. The summed E-state index contributed by atoms with van der Waals surface area (Å²) in [6.07, 6.45) is 2.82. The van der Waals surface area contributed by atoms with E-state index in [0.717, 1.165) is 10.9 Å². The summed E-state index contributed by atoms with van der Waals surface area (Å²) in [6.45, 7) is 1.53. The van der Waals surface area contributed by atoms with Gasteiger partial charge in [-0.15, -0.1) is 5.10 Å². The molecule has 0 bridgehead atoms. The van der Waals surface area contributed by atoms with Crippen molar-refractivity contribution in [2.45, 2.75) is 25.9 Å². The molecule has 29 heavy (non-hydrogen) atoms. The maximum atomic E-state index is 12.4. The Bertz CT molecular complexity index is 1230. The van der Waals surface area contributed by atoms with Crippen LogP contribution in [0.15, 0.2) is 59.5 Å². The highest BCUT2D eigenvalue weighted by atomic mass is 35.5. The Balaban J connectivity index is 1.27. The zero-order valence-corrected chi connectivity index (χ0v) is 16.5. The van der Waals surface area contributed by atoms with Gasteiger partial charge in [-0.1, -0.05) is 35.0 Å². The minimum absolute atomic E-state index is 0.0544. The van der Waals surface area contributed by atoms with E-state index in [0.29, 0.717) is 48.4 Å². The largest absolute Gasteiger partial charge is 0.354 e. The molecule has 148 valence electrons. The fraction of sp³-hybridized carbons (Fsp3) is 0.238. The third kappa shape index (κ3) is 4.30. The van der Waals surface area contributed by atoms with Gasteiger partial charge in [-0.05, 0) is 42.1 Å². The van der Waals surface area contributed by atoms with E-state index in [4.69, 9.17) is 11.6 Å². The van der Waals surface area contributed by atoms with Gasteiger partial charge in [-0.3, -0.25) is 9.59 Å². The zero-order valence-electron chi connectivity index (χ0n) is 15.7. The maximum Gasteiger partial charge on any atom is 0.277 e. The number of aromatic nitrogens is 4. The number of fused-ring (bicyclic) bond motifs is 2. The van der Waals surface area contributed by atoms with Crippen LogP contribution in [0.4, 0.5) is 0 Å². The van der Waals surface area contributed by atoms with Crippen LogP contribution in [-0.2, 0) is 17.9 Å². The van der Waals surface area contributed by atoms with Crippen molar-refractivity contribution < 1.29 is 4.79 Å². The molecule has 4 aromatic rings. The van der Waals surface area contributed by atoms with E-state index in [2.05, 4.69) is 20.2 Å². The van der Waals surface area contributed by atoms with Crippen LogP contribution < -0.4 is 10.9 Å². The summed E-state index contributed by atoms with van der Waals surface area (Å²) in [5.41, 5.74) is 1.43. The lowest BCUT2D eigenvalue weighted by molar-refractivity contribution is -0.121. The second kappa shape index (κ2) is 8.45. The number of rotatable bonds is 7. The Morgan fingerprint density at radius 3 is 2.86 bits per heavy atom. The molecule has 0 unspecified atom stereocenters. The summed E-state index contributed by atoms with van der Waals surface area (Å²) in [5.74, 6) is -0.0544. The summed E-state index contributed by atoms with van der Waals surface area (Å²) < 4.78 is 3.37. The SMILES string of the molecule is O=C(CCCn1nnc2ccccc2c1=O)NCCn1ccc2ccc(Cl)cc21. The number of amides is 1. The highest BCUT2D eigenvalue weighted by molar-refractivity contribution is 6.31. The van der Waals surface area contributed by atoms with Crippen LogP contribution in [-0.4, -0.2) is 32.0 Å². The molecule has 0 aliphatic heterocycles. The zero-order chi connectivity index (χ0) is 20.2. The second-order valence-corrected chi connectivity index (χ2v) is 7.24. The van der Waals surface area contributed by atoms with Crippen molar-refractivity contribution in [1.82, 2.24) is 24.9 Å². The van der Waals surface area contributed by atoms with E-state index >= 15 is 0 Å². The van der Waals surface area contributed by atoms with E-state index in [1.54, 1.807) is 18.2 Å². The van der Waals surface area contributed by atoms with Crippen LogP contribution in [0.5, 0.6) is 0 Å². The molecular weight excluding hydrogens is 390 g/mol. The van der Waals surface area contributed by atoms with Crippen molar-refractivity contribution >= 4 is 39.3 Å². The van der Waals surface area contributed by atoms with Gasteiger partial charge in [0.25, 0.3) is 5.56 Å². The van der Waals surface area contributed by atoms with E-state index in [-0.39, 0.29) is 11.5 Å². The van der Waals surface area contributed by atoms with Crippen molar-refractivity contribution in [3.05, 3.63) is 70.1 Å². The summed E-state index contributed by atoms with van der Waals surface area (Å²) in [5, 5.41) is 13.2. The minimum Gasteiger partial charge on any atom is -0.354 e. The lowest BCUT2D eigenvalue weighted by Crippen LogP contribution is -2.28. The first kappa shape index (κ1) is 19.1. The summed E-state index contributed by atoms with van der Waals surface area (Å²) >= 11 is 6.07. The second-order valence-electron chi connectivity index (χ2n) is 6.80. The van der Waals surface area contributed by atoms with Gasteiger partial charge in [0.2, 0.25) is 5.91 Å². The third-order valence-corrected chi connectivity index (χ3v) is 5.05. The fourth-order valence-electron chi connectivity index (χ4n) is 3.32. The number of carbonyl (C=O) groups is 1. The summed E-state index contributed by atoms with van der Waals surface area (Å²) in [4.78, 5) is 24.5. The fourth-order valence-corrected chi connectivity index (χ4v) is 3.48. The summed E-state index contributed by atoms with van der Waals surface area (Å²) in [7, 11) is 0. The van der Waals surface area contributed by atoms with E-state index in [9.17, 15) is 9.59 Å². The van der Waals surface area contributed by atoms with Crippen LogP contribution in [0, 0.1) is 0 Å². The molecule has 1 amide bonds. The van der Waals surface area contributed by atoms with Crippen molar-refractivity contribution in [2.24, 2.45) is 0 Å². The first-order chi connectivity index (χ1) is 14.1. The maximum absolute atomic E-state index is 12.4. The number of nitrogens with zero attached hydrogens (tertiary/aromatic N) is 4. The van der Waals surface area contributed by atoms with Crippen LogP contribution >= 0.6 is 11.6 Å². The molecule has 2 heterocycles. The van der Waals surface area contributed by atoms with Gasteiger partial charge in [0, 0.05) is 42.8 Å². The third-order valence-electron chi connectivity index (χ3n) is 4.81. The molecular formula is C21H20ClN5O2. The van der Waals surface area contributed by atoms with Crippen LogP contribution in [0.3, 0.4) is 0 Å². The smallest absolute Gasteiger partial charge is 0.277 e. The predicted molar refractivity (Wildman–Crippen MR) is 113 cm³/mol. The molecule has 0 fully saturated rings. The van der Waals surface area contributed by atoms with Crippen molar-refractivity contribution in [1.29, 1.82) is 0 Å². The van der Waals surface area contributed by atoms with E-state index in [1.807, 2.05) is 36.5 Å². The number of carbonyl (C=O) groups excluding carboxylic acids is 1. The lowest BCUT2D eigenvalue weighted by Gasteiger charge is -2.08. The Kier molecular flexibility index (Phi) is 5.57. The number of nitrogens with one attached hydrogen (secondary N) is 1. The van der Waals surface area contributed by atoms with Gasteiger partial charge in [0.15, 0.2) is 0 Å². The van der Waals surface area contributed by atoms with Gasteiger partial charge >= 0.3 is 0 Å². The van der Waals surface area contributed by atoms with Crippen molar-refractivity contribution in [3.63, 3.8) is 0 Å². The average Bonchev–Trinajstić information content (AvgIpc) is 3.12. The first-order valence-electron chi connectivity index (χ1n) is 9.45. The van der Waals surface area contributed by atoms with Gasteiger partial charge in [0.1, 0.15) is 5.52 Å². The molecule has 0 aliphatic rings. The molecule has 0 atom stereocenters. The molecule has 0 aliphatic carbocycles. The topological polar surface area (TPSA) is 81.8 Å². The molecule has 0 saturated heterocycles. The quantitative estimate of drug-likeness (QED) is 0.508. The number of aryl methyl sites for hydroxylation is 1. The normalized spacial score (nSPS) is 11.2. The minimum atomic E-state index is -0.186. The molecule has 2 aromatic carbocycles. The molecule has 0 radical (unpaired) electrons. The van der Waals surface area contributed by atoms with Crippen LogP contribution in [0.25, 0.3) is 21.8 Å². The first-order valence-corrected chi connectivity index (χ1v) is 9.83. The standard InChI is InChI=1S/C21H20ClN5O2/c22-16-8-7-15-9-12-26(19(15)14-16)13-10-23-20(28)6-3-11-27-21(29)17-4-1-2-5-18(17)24-25-27/h1-2,4-5,7-9,12,14H,3,6,10-11,13H2,(H,23,28).